The van der Waals surface area contributed by atoms with Gasteiger partial charge >= 0.3 is 5.97 Å². The molecule has 0 aliphatic rings. The number of carbonyl (C=O) groups is 1. The summed E-state index contributed by atoms with van der Waals surface area (Å²) < 4.78 is 17.8. The Bertz CT molecular complexity index is 1290. The van der Waals surface area contributed by atoms with Crippen LogP contribution in [0.3, 0.4) is 0 Å². The maximum Gasteiger partial charge on any atom is 0.344 e. The van der Waals surface area contributed by atoms with Gasteiger partial charge in [-0.1, -0.05) is 62.4 Å². The molecule has 0 saturated carbocycles. The first-order valence-electron chi connectivity index (χ1n) is 11.7. The molecule has 0 spiro atoms. The molecule has 3 aromatic carbocycles. The van der Waals surface area contributed by atoms with Crippen molar-refractivity contribution in [2.24, 2.45) is 5.92 Å². The summed E-state index contributed by atoms with van der Waals surface area (Å²) in [6, 6.07) is 26.7. The summed E-state index contributed by atoms with van der Waals surface area (Å²) in [5.41, 5.74) is 2.55. The second-order valence-corrected chi connectivity index (χ2v) is 8.73. The number of hydrogen-bond donors (Lipinski definition) is 1. The highest BCUT2D eigenvalue weighted by molar-refractivity contribution is 5.78. The highest BCUT2D eigenvalue weighted by Gasteiger charge is 2.22. The summed E-state index contributed by atoms with van der Waals surface area (Å²) in [6.07, 6.45) is -0.479. The van der Waals surface area contributed by atoms with E-state index in [-0.39, 0.29) is 12.5 Å². The van der Waals surface area contributed by atoms with E-state index >= 15 is 0 Å². The van der Waals surface area contributed by atoms with E-state index in [4.69, 9.17) is 14.2 Å². The molecule has 0 fully saturated rings. The van der Waals surface area contributed by atoms with E-state index in [1.54, 1.807) is 6.07 Å². The van der Waals surface area contributed by atoms with Crippen LogP contribution in [0.25, 0.3) is 10.9 Å². The molecule has 1 aromatic heterocycles. The second-order valence-electron chi connectivity index (χ2n) is 8.73. The van der Waals surface area contributed by atoms with Crippen LogP contribution in [-0.2, 0) is 18.0 Å². The molecule has 180 valence electrons. The van der Waals surface area contributed by atoms with E-state index in [0.717, 1.165) is 22.2 Å². The van der Waals surface area contributed by atoms with Gasteiger partial charge in [0.15, 0.2) is 6.10 Å². The molecule has 4 aromatic rings. The van der Waals surface area contributed by atoms with Crippen molar-refractivity contribution in [2.75, 3.05) is 0 Å². The highest BCUT2D eigenvalue weighted by atomic mass is 16.5. The number of aliphatic carboxylic acids is 1. The number of nitrogens with zero attached hydrogens (tertiary/aromatic N) is 1. The Morgan fingerprint density at radius 1 is 0.857 bits per heavy atom. The maximum absolute atomic E-state index is 11.6. The van der Waals surface area contributed by atoms with Gasteiger partial charge in [-0.15, -0.1) is 0 Å². The monoisotopic (exact) mass is 471 g/mol. The molecule has 1 atom stereocenters. The van der Waals surface area contributed by atoms with Gasteiger partial charge in [0.05, 0.1) is 11.2 Å². The topological polar surface area (TPSA) is 77.9 Å². The molecule has 0 amide bonds. The van der Waals surface area contributed by atoms with Gasteiger partial charge in [0.1, 0.15) is 30.5 Å². The summed E-state index contributed by atoms with van der Waals surface area (Å²) in [6.45, 7) is 4.52. The Labute approximate surface area is 205 Å². The molecule has 35 heavy (non-hydrogen) atoms. The van der Waals surface area contributed by atoms with Crippen LogP contribution in [0.15, 0.2) is 84.9 Å². The van der Waals surface area contributed by atoms with Crippen LogP contribution in [0.1, 0.15) is 31.5 Å². The van der Waals surface area contributed by atoms with E-state index in [9.17, 15) is 9.90 Å². The number of carboxylic acid groups (broad SMARTS) is 1. The fourth-order valence-corrected chi connectivity index (χ4v) is 3.68. The van der Waals surface area contributed by atoms with Gasteiger partial charge in [0.25, 0.3) is 0 Å². The largest absolute Gasteiger partial charge is 0.489 e. The maximum atomic E-state index is 11.6. The lowest BCUT2D eigenvalue weighted by molar-refractivity contribution is -0.145. The van der Waals surface area contributed by atoms with Crippen LogP contribution in [0, 0.1) is 5.92 Å². The fraction of sp³-hybridized carbons (Fsp3) is 0.241. The molecule has 6 nitrogen and oxygen atoms in total. The van der Waals surface area contributed by atoms with E-state index in [2.05, 4.69) is 4.98 Å². The van der Waals surface area contributed by atoms with Gasteiger partial charge in [0.2, 0.25) is 0 Å². The zero-order valence-electron chi connectivity index (χ0n) is 19.9. The van der Waals surface area contributed by atoms with Crippen molar-refractivity contribution >= 4 is 16.9 Å². The summed E-state index contributed by atoms with van der Waals surface area (Å²) in [7, 11) is 0. The van der Waals surface area contributed by atoms with E-state index in [0.29, 0.717) is 30.3 Å². The number of ether oxygens (including phenoxy) is 3. The lowest BCUT2D eigenvalue weighted by Crippen LogP contribution is -2.29. The average molecular weight is 472 g/mol. The average Bonchev–Trinajstić information content (AvgIpc) is 2.86. The Morgan fingerprint density at radius 2 is 1.57 bits per heavy atom. The van der Waals surface area contributed by atoms with Crippen molar-refractivity contribution in [2.45, 2.75) is 39.6 Å². The Morgan fingerprint density at radius 3 is 2.34 bits per heavy atom. The molecule has 0 bridgehead atoms. The zero-order chi connectivity index (χ0) is 24.6. The summed E-state index contributed by atoms with van der Waals surface area (Å²) in [5, 5.41) is 10.6. The zero-order valence-corrected chi connectivity index (χ0v) is 19.9. The summed E-state index contributed by atoms with van der Waals surface area (Å²) >= 11 is 0. The standard InChI is InChI=1S/C29H29NO5/c1-20(2)16-28(29(31)32)35-27-13-6-4-9-22(27)18-33-24-10-7-11-25(17-24)34-19-23-15-14-21-8-3-5-12-26(21)30-23/h3-15,17,20,28H,16,18-19H2,1-2H3,(H,31,32). The number of para-hydroxylation sites is 2. The van der Waals surface area contributed by atoms with Crippen molar-refractivity contribution in [1.82, 2.24) is 4.98 Å². The molecule has 0 radical (unpaired) electrons. The number of aromatic nitrogens is 1. The molecule has 4 rings (SSSR count). The minimum atomic E-state index is -0.972. The quantitative estimate of drug-likeness (QED) is 0.278. The second kappa shape index (κ2) is 11.4. The molecule has 1 heterocycles. The Kier molecular flexibility index (Phi) is 7.83. The van der Waals surface area contributed by atoms with Crippen LogP contribution in [-0.4, -0.2) is 22.2 Å². The molecule has 0 aliphatic carbocycles. The number of fused-ring (bicyclic) bond motifs is 1. The fourth-order valence-electron chi connectivity index (χ4n) is 3.68. The van der Waals surface area contributed by atoms with E-state index < -0.39 is 12.1 Å². The summed E-state index contributed by atoms with van der Waals surface area (Å²) in [5.74, 6) is 1.05. The molecule has 0 saturated heterocycles. The minimum Gasteiger partial charge on any atom is -0.489 e. The van der Waals surface area contributed by atoms with Crippen LogP contribution < -0.4 is 14.2 Å². The molecule has 0 aliphatic heterocycles. The SMILES string of the molecule is CC(C)CC(Oc1ccccc1COc1cccc(OCc2ccc3ccccc3n2)c1)C(=O)O. The minimum absolute atomic E-state index is 0.201. The summed E-state index contributed by atoms with van der Waals surface area (Å²) in [4.78, 5) is 16.3. The van der Waals surface area contributed by atoms with Crippen molar-refractivity contribution in [3.8, 4) is 17.2 Å². The van der Waals surface area contributed by atoms with Gasteiger partial charge in [-0.2, -0.15) is 0 Å². The lowest BCUT2D eigenvalue weighted by Gasteiger charge is -2.19. The predicted octanol–water partition coefficient (Wildman–Crippen LogP) is 6.27. The third-order valence-corrected chi connectivity index (χ3v) is 5.45. The highest BCUT2D eigenvalue weighted by Crippen LogP contribution is 2.26. The van der Waals surface area contributed by atoms with Gasteiger partial charge < -0.3 is 19.3 Å². The van der Waals surface area contributed by atoms with Crippen molar-refractivity contribution in [1.29, 1.82) is 0 Å². The molecular formula is C29H29NO5. The third-order valence-electron chi connectivity index (χ3n) is 5.45. The molecule has 1 unspecified atom stereocenters. The van der Waals surface area contributed by atoms with E-state index in [1.807, 2.05) is 92.7 Å². The van der Waals surface area contributed by atoms with Gasteiger partial charge in [-0.05, 0) is 42.7 Å². The van der Waals surface area contributed by atoms with E-state index in [1.165, 1.54) is 0 Å². The van der Waals surface area contributed by atoms with Crippen molar-refractivity contribution in [3.63, 3.8) is 0 Å². The number of benzene rings is 3. The van der Waals surface area contributed by atoms with Crippen LogP contribution in [0.2, 0.25) is 0 Å². The number of rotatable bonds is 11. The molecule has 1 N–H and O–H groups in total. The van der Waals surface area contributed by atoms with Gasteiger partial charge in [-0.25, -0.2) is 9.78 Å². The smallest absolute Gasteiger partial charge is 0.344 e. The van der Waals surface area contributed by atoms with Crippen LogP contribution >= 0.6 is 0 Å². The third kappa shape index (κ3) is 6.73. The first kappa shape index (κ1) is 24.1. The first-order valence-corrected chi connectivity index (χ1v) is 11.7. The predicted molar refractivity (Wildman–Crippen MR) is 135 cm³/mol. The molecular weight excluding hydrogens is 442 g/mol. The van der Waals surface area contributed by atoms with Gasteiger partial charge in [-0.3, -0.25) is 0 Å². The first-order chi connectivity index (χ1) is 17.0. The normalized spacial score (nSPS) is 11.9. The van der Waals surface area contributed by atoms with Crippen molar-refractivity contribution in [3.05, 3.63) is 96.2 Å². The lowest BCUT2D eigenvalue weighted by atomic mass is 10.1. The Hall–Kier alpha value is -4.06. The number of hydrogen-bond acceptors (Lipinski definition) is 5. The Balaban J connectivity index is 1.39. The molecule has 6 heteroatoms. The van der Waals surface area contributed by atoms with Crippen LogP contribution in [0.5, 0.6) is 17.2 Å². The number of carboxylic acids is 1. The van der Waals surface area contributed by atoms with Crippen LogP contribution in [0.4, 0.5) is 0 Å². The van der Waals surface area contributed by atoms with Crippen molar-refractivity contribution < 1.29 is 24.1 Å². The number of pyridine rings is 1. The van der Waals surface area contributed by atoms with Gasteiger partial charge in [0, 0.05) is 17.0 Å².